The molecule has 1 aromatic carbocycles. The molecule has 0 aliphatic carbocycles. The largest absolute Gasteiger partial charge is 0.494 e. The standard InChI is InChI=1S/C17H28N2O2/c1-3-21-17-6-4-15(5-7-17)14-19(12-13-20)16-8-10-18(2)11-9-16/h4-7,16,20H,3,8-14H2,1-2H3. The zero-order valence-corrected chi connectivity index (χ0v) is 13.3. The second-order valence-electron chi connectivity index (χ2n) is 5.81. The highest BCUT2D eigenvalue weighted by Crippen LogP contribution is 2.19. The van der Waals surface area contributed by atoms with E-state index in [0.29, 0.717) is 12.6 Å². The molecular weight excluding hydrogens is 264 g/mol. The summed E-state index contributed by atoms with van der Waals surface area (Å²) in [7, 11) is 2.18. The fourth-order valence-electron chi connectivity index (χ4n) is 2.97. The minimum Gasteiger partial charge on any atom is -0.494 e. The van der Waals surface area contributed by atoms with Crippen molar-refractivity contribution in [2.24, 2.45) is 0 Å². The fraction of sp³-hybridized carbons (Fsp3) is 0.647. The number of rotatable bonds is 7. The Labute approximate surface area is 128 Å². The van der Waals surface area contributed by atoms with Crippen LogP contribution in [0.4, 0.5) is 0 Å². The van der Waals surface area contributed by atoms with Gasteiger partial charge >= 0.3 is 0 Å². The molecule has 0 spiro atoms. The van der Waals surface area contributed by atoms with Gasteiger partial charge in [0.25, 0.3) is 0 Å². The van der Waals surface area contributed by atoms with Crippen molar-refractivity contribution in [1.82, 2.24) is 9.80 Å². The maximum atomic E-state index is 9.34. The molecule has 1 aliphatic rings. The molecule has 1 aromatic rings. The summed E-state index contributed by atoms with van der Waals surface area (Å²) in [5.41, 5.74) is 1.28. The second-order valence-corrected chi connectivity index (χ2v) is 5.81. The van der Waals surface area contributed by atoms with E-state index in [1.54, 1.807) is 0 Å². The average molecular weight is 292 g/mol. The molecule has 0 saturated carbocycles. The molecule has 21 heavy (non-hydrogen) atoms. The Morgan fingerprint density at radius 3 is 2.48 bits per heavy atom. The maximum absolute atomic E-state index is 9.34. The number of hydrogen-bond donors (Lipinski definition) is 1. The summed E-state index contributed by atoms with van der Waals surface area (Å²) in [6.07, 6.45) is 2.38. The third-order valence-electron chi connectivity index (χ3n) is 4.21. The van der Waals surface area contributed by atoms with Gasteiger partial charge in [-0.15, -0.1) is 0 Å². The predicted molar refractivity (Wildman–Crippen MR) is 85.6 cm³/mol. The van der Waals surface area contributed by atoms with Gasteiger partial charge in [0, 0.05) is 19.1 Å². The van der Waals surface area contributed by atoms with E-state index in [4.69, 9.17) is 4.74 Å². The third kappa shape index (κ3) is 4.99. The van der Waals surface area contributed by atoms with Crippen LogP contribution >= 0.6 is 0 Å². The topological polar surface area (TPSA) is 35.9 Å². The first-order chi connectivity index (χ1) is 10.2. The van der Waals surface area contributed by atoms with E-state index in [9.17, 15) is 5.11 Å². The minimum absolute atomic E-state index is 0.226. The first-order valence-electron chi connectivity index (χ1n) is 7.98. The lowest BCUT2D eigenvalue weighted by Gasteiger charge is -2.37. The number of nitrogens with zero attached hydrogens (tertiary/aromatic N) is 2. The van der Waals surface area contributed by atoms with Crippen LogP contribution in [0.2, 0.25) is 0 Å². The van der Waals surface area contributed by atoms with E-state index < -0.39 is 0 Å². The highest BCUT2D eigenvalue weighted by Gasteiger charge is 2.22. The Bertz CT molecular complexity index is 400. The lowest BCUT2D eigenvalue weighted by Crippen LogP contribution is -2.44. The van der Waals surface area contributed by atoms with Gasteiger partial charge in [0.2, 0.25) is 0 Å². The molecular formula is C17H28N2O2. The molecule has 1 N–H and O–H groups in total. The number of likely N-dealkylation sites (tertiary alicyclic amines) is 1. The predicted octanol–water partition coefficient (Wildman–Crippen LogP) is 1.97. The second kappa shape index (κ2) is 8.37. The number of benzene rings is 1. The Morgan fingerprint density at radius 2 is 1.90 bits per heavy atom. The molecule has 0 amide bonds. The Kier molecular flexibility index (Phi) is 6.49. The average Bonchev–Trinajstić information content (AvgIpc) is 2.50. The van der Waals surface area contributed by atoms with E-state index in [2.05, 4.69) is 29.0 Å². The van der Waals surface area contributed by atoms with Crippen molar-refractivity contribution in [3.63, 3.8) is 0 Å². The van der Waals surface area contributed by atoms with Gasteiger partial charge in [-0.1, -0.05) is 12.1 Å². The monoisotopic (exact) mass is 292 g/mol. The highest BCUT2D eigenvalue weighted by atomic mass is 16.5. The van der Waals surface area contributed by atoms with Gasteiger partial charge in [0.1, 0.15) is 5.75 Å². The number of hydrogen-bond acceptors (Lipinski definition) is 4. The summed E-state index contributed by atoms with van der Waals surface area (Å²) < 4.78 is 5.48. The lowest BCUT2D eigenvalue weighted by molar-refractivity contribution is 0.0941. The van der Waals surface area contributed by atoms with Gasteiger partial charge in [0.15, 0.2) is 0 Å². The van der Waals surface area contributed by atoms with E-state index in [0.717, 1.165) is 31.9 Å². The van der Waals surface area contributed by atoms with E-state index in [1.807, 2.05) is 19.1 Å². The van der Waals surface area contributed by atoms with Crippen LogP contribution in [0.1, 0.15) is 25.3 Å². The smallest absolute Gasteiger partial charge is 0.119 e. The molecule has 4 heteroatoms. The number of aliphatic hydroxyl groups excluding tert-OH is 1. The molecule has 0 radical (unpaired) electrons. The van der Waals surface area contributed by atoms with Crippen LogP contribution in [-0.2, 0) is 6.54 Å². The van der Waals surface area contributed by atoms with E-state index in [-0.39, 0.29) is 6.61 Å². The summed E-state index contributed by atoms with van der Waals surface area (Å²) in [5, 5.41) is 9.34. The molecule has 4 nitrogen and oxygen atoms in total. The zero-order valence-electron chi connectivity index (χ0n) is 13.3. The van der Waals surface area contributed by atoms with Crippen molar-refractivity contribution >= 4 is 0 Å². The third-order valence-corrected chi connectivity index (χ3v) is 4.21. The maximum Gasteiger partial charge on any atom is 0.119 e. The van der Waals surface area contributed by atoms with Gasteiger partial charge in [-0.05, 0) is 57.6 Å². The van der Waals surface area contributed by atoms with Crippen molar-refractivity contribution < 1.29 is 9.84 Å². The molecule has 0 bridgehead atoms. The zero-order chi connectivity index (χ0) is 15.1. The summed E-state index contributed by atoms with van der Waals surface area (Å²) in [5.74, 6) is 0.925. The van der Waals surface area contributed by atoms with Crippen LogP contribution in [-0.4, -0.2) is 60.8 Å². The van der Waals surface area contributed by atoms with Crippen molar-refractivity contribution in [2.45, 2.75) is 32.4 Å². The molecule has 0 unspecified atom stereocenters. The molecule has 1 heterocycles. The molecule has 1 aliphatic heterocycles. The first kappa shape index (κ1) is 16.3. The quantitative estimate of drug-likeness (QED) is 0.833. The normalized spacial score (nSPS) is 17.3. The van der Waals surface area contributed by atoms with Crippen molar-refractivity contribution in [3.05, 3.63) is 29.8 Å². The van der Waals surface area contributed by atoms with Gasteiger partial charge in [0.05, 0.1) is 13.2 Å². The summed E-state index contributed by atoms with van der Waals surface area (Å²) in [4.78, 5) is 4.80. The van der Waals surface area contributed by atoms with Gasteiger partial charge in [-0.2, -0.15) is 0 Å². The number of piperidine rings is 1. The van der Waals surface area contributed by atoms with Crippen LogP contribution in [0.15, 0.2) is 24.3 Å². The molecule has 2 rings (SSSR count). The fourth-order valence-corrected chi connectivity index (χ4v) is 2.97. The first-order valence-corrected chi connectivity index (χ1v) is 7.98. The highest BCUT2D eigenvalue weighted by molar-refractivity contribution is 5.27. The molecule has 118 valence electrons. The Balaban J connectivity index is 1.95. The lowest BCUT2D eigenvalue weighted by atomic mass is 10.0. The number of ether oxygens (including phenoxy) is 1. The summed E-state index contributed by atoms with van der Waals surface area (Å²) >= 11 is 0. The van der Waals surface area contributed by atoms with Crippen LogP contribution < -0.4 is 4.74 Å². The van der Waals surface area contributed by atoms with E-state index >= 15 is 0 Å². The Morgan fingerprint density at radius 1 is 1.24 bits per heavy atom. The molecule has 1 saturated heterocycles. The van der Waals surface area contributed by atoms with Crippen LogP contribution in [0.5, 0.6) is 5.75 Å². The van der Waals surface area contributed by atoms with Crippen LogP contribution in [0.3, 0.4) is 0 Å². The van der Waals surface area contributed by atoms with Gasteiger partial charge in [-0.3, -0.25) is 4.90 Å². The summed E-state index contributed by atoms with van der Waals surface area (Å²) in [6.45, 7) is 6.88. The molecule has 1 fully saturated rings. The van der Waals surface area contributed by atoms with Gasteiger partial charge < -0.3 is 14.7 Å². The van der Waals surface area contributed by atoms with Crippen LogP contribution in [0.25, 0.3) is 0 Å². The molecule has 0 aromatic heterocycles. The minimum atomic E-state index is 0.226. The van der Waals surface area contributed by atoms with Crippen molar-refractivity contribution in [1.29, 1.82) is 0 Å². The van der Waals surface area contributed by atoms with Crippen molar-refractivity contribution in [3.8, 4) is 5.75 Å². The SMILES string of the molecule is CCOc1ccc(CN(CCO)C2CCN(C)CC2)cc1. The molecule has 0 atom stereocenters. The number of aliphatic hydroxyl groups is 1. The van der Waals surface area contributed by atoms with E-state index in [1.165, 1.54) is 18.4 Å². The van der Waals surface area contributed by atoms with Crippen LogP contribution in [0, 0.1) is 0 Å². The Hall–Kier alpha value is -1.10. The van der Waals surface area contributed by atoms with Gasteiger partial charge in [-0.25, -0.2) is 0 Å². The van der Waals surface area contributed by atoms with Crippen molar-refractivity contribution in [2.75, 3.05) is 39.9 Å². The summed E-state index contributed by atoms with van der Waals surface area (Å²) in [6, 6.07) is 8.91.